The minimum Gasteiger partial charge on any atom is -0.388 e. The normalized spacial score (nSPS) is 18.0. The van der Waals surface area contributed by atoms with Crippen LogP contribution in [-0.4, -0.2) is 5.11 Å². The molecule has 0 spiro atoms. The van der Waals surface area contributed by atoms with Crippen molar-refractivity contribution in [1.82, 2.24) is 0 Å². The van der Waals surface area contributed by atoms with E-state index in [1.54, 1.807) is 12.1 Å². The fraction of sp³-hybridized carbons (Fsp3) is 0.429. The summed E-state index contributed by atoms with van der Waals surface area (Å²) in [6, 6.07) is 6.23. The first-order valence-corrected chi connectivity index (χ1v) is 5.87. The molecule has 0 aromatic heterocycles. The Balaban J connectivity index is 2.02. The van der Waals surface area contributed by atoms with Crippen LogP contribution in [0.4, 0.5) is 4.39 Å². The van der Waals surface area contributed by atoms with E-state index in [1.165, 1.54) is 30.5 Å². The standard InChI is InChI=1S/C14H17FO/c15-13-8-4-7-12(10-13)14(16)9-11-5-2-1-3-6-11/h4-5,7-8,10,14,16H,1-3,6,9H2. The second-order valence-electron chi connectivity index (χ2n) is 4.38. The van der Waals surface area contributed by atoms with Crippen LogP contribution in [0.2, 0.25) is 0 Å². The van der Waals surface area contributed by atoms with Gasteiger partial charge in [0, 0.05) is 0 Å². The molecule has 0 aliphatic heterocycles. The van der Waals surface area contributed by atoms with Crippen LogP contribution in [0.5, 0.6) is 0 Å². The molecule has 0 saturated carbocycles. The molecule has 1 unspecified atom stereocenters. The Morgan fingerprint density at radius 1 is 1.31 bits per heavy atom. The molecule has 1 aromatic rings. The third-order valence-corrected chi connectivity index (χ3v) is 3.07. The monoisotopic (exact) mass is 220 g/mol. The second-order valence-corrected chi connectivity index (χ2v) is 4.38. The van der Waals surface area contributed by atoms with Crippen LogP contribution < -0.4 is 0 Å². The van der Waals surface area contributed by atoms with E-state index < -0.39 is 6.10 Å². The van der Waals surface area contributed by atoms with Gasteiger partial charge in [-0.05, 0) is 49.8 Å². The van der Waals surface area contributed by atoms with E-state index in [0.29, 0.717) is 12.0 Å². The van der Waals surface area contributed by atoms with E-state index in [-0.39, 0.29) is 5.82 Å². The van der Waals surface area contributed by atoms with Gasteiger partial charge in [-0.2, -0.15) is 0 Å². The van der Waals surface area contributed by atoms with E-state index in [2.05, 4.69) is 6.08 Å². The van der Waals surface area contributed by atoms with Crippen molar-refractivity contribution in [3.8, 4) is 0 Å². The SMILES string of the molecule is OC(CC1=CCCCC1)c1cccc(F)c1. The summed E-state index contributed by atoms with van der Waals surface area (Å²) in [6.45, 7) is 0. The fourth-order valence-corrected chi connectivity index (χ4v) is 2.17. The molecule has 0 heterocycles. The molecule has 1 atom stereocenters. The summed E-state index contributed by atoms with van der Waals surface area (Å²) in [5.41, 5.74) is 1.98. The van der Waals surface area contributed by atoms with Gasteiger partial charge >= 0.3 is 0 Å². The molecule has 0 saturated heterocycles. The zero-order chi connectivity index (χ0) is 11.4. The second kappa shape index (κ2) is 5.26. The lowest BCUT2D eigenvalue weighted by Gasteiger charge is -2.16. The Bertz CT molecular complexity index is 384. The summed E-state index contributed by atoms with van der Waals surface area (Å²) < 4.78 is 13.0. The topological polar surface area (TPSA) is 20.2 Å². The first kappa shape index (κ1) is 11.3. The molecule has 86 valence electrons. The van der Waals surface area contributed by atoms with Crippen LogP contribution >= 0.6 is 0 Å². The highest BCUT2D eigenvalue weighted by Gasteiger charge is 2.12. The van der Waals surface area contributed by atoms with Crippen molar-refractivity contribution in [2.24, 2.45) is 0 Å². The molecular formula is C14H17FO. The molecule has 0 amide bonds. The molecule has 1 nitrogen and oxygen atoms in total. The summed E-state index contributed by atoms with van der Waals surface area (Å²) in [4.78, 5) is 0. The minimum absolute atomic E-state index is 0.283. The van der Waals surface area contributed by atoms with Gasteiger partial charge in [0.25, 0.3) is 0 Å². The molecule has 1 aliphatic rings. The lowest BCUT2D eigenvalue weighted by Crippen LogP contribution is -2.02. The summed E-state index contributed by atoms with van der Waals surface area (Å²) in [5.74, 6) is -0.283. The molecule has 0 bridgehead atoms. The predicted molar refractivity (Wildman–Crippen MR) is 62.5 cm³/mol. The third kappa shape index (κ3) is 2.92. The average molecular weight is 220 g/mol. The van der Waals surface area contributed by atoms with Crippen molar-refractivity contribution in [2.45, 2.75) is 38.2 Å². The fourth-order valence-electron chi connectivity index (χ4n) is 2.17. The first-order chi connectivity index (χ1) is 7.75. The van der Waals surface area contributed by atoms with Gasteiger partial charge in [0.15, 0.2) is 0 Å². The van der Waals surface area contributed by atoms with Crippen LogP contribution in [-0.2, 0) is 0 Å². The van der Waals surface area contributed by atoms with E-state index in [0.717, 1.165) is 12.8 Å². The summed E-state index contributed by atoms with van der Waals surface area (Å²) in [6.07, 6.45) is 6.94. The summed E-state index contributed by atoms with van der Waals surface area (Å²) in [5, 5.41) is 9.99. The maximum atomic E-state index is 13.0. The van der Waals surface area contributed by atoms with Gasteiger partial charge in [-0.3, -0.25) is 0 Å². The lowest BCUT2D eigenvalue weighted by molar-refractivity contribution is 0.176. The molecule has 1 N–H and O–H groups in total. The number of allylic oxidation sites excluding steroid dienone is 1. The van der Waals surface area contributed by atoms with Crippen LogP contribution in [0.1, 0.15) is 43.8 Å². The highest BCUT2D eigenvalue weighted by molar-refractivity contribution is 5.21. The minimum atomic E-state index is -0.569. The van der Waals surface area contributed by atoms with Gasteiger partial charge in [0.05, 0.1) is 6.10 Å². The zero-order valence-electron chi connectivity index (χ0n) is 9.32. The van der Waals surface area contributed by atoms with Crippen LogP contribution in [0.3, 0.4) is 0 Å². The molecule has 0 fully saturated rings. The molecule has 1 aromatic carbocycles. The number of rotatable bonds is 3. The van der Waals surface area contributed by atoms with E-state index in [4.69, 9.17) is 0 Å². The first-order valence-electron chi connectivity index (χ1n) is 5.87. The maximum Gasteiger partial charge on any atom is 0.123 e. The molecule has 2 rings (SSSR count). The van der Waals surface area contributed by atoms with Crippen molar-refractivity contribution >= 4 is 0 Å². The summed E-state index contributed by atoms with van der Waals surface area (Å²) in [7, 11) is 0. The molecular weight excluding hydrogens is 203 g/mol. The number of aliphatic hydroxyl groups is 1. The number of hydrogen-bond donors (Lipinski definition) is 1. The average Bonchev–Trinajstić information content (AvgIpc) is 2.30. The largest absolute Gasteiger partial charge is 0.388 e. The Labute approximate surface area is 95.6 Å². The number of hydrogen-bond acceptors (Lipinski definition) is 1. The van der Waals surface area contributed by atoms with Gasteiger partial charge in [0.1, 0.15) is 5.82 Å². The molecule has 1 aliphatic carbocycles. The van der Waals surface area contributed by atoms with Gasteiger partial charge in [-0.1, -0.05) is 23.8 Å². The Kier molecular flexibility index (Phi) is 3.73. The summed E-state index contributed by atoms with van der Waals surface area (Å²) >= 11 is 0. The van der Waals surface area contributed by atoms with Crippen molar-refractivity contribution in [3.05, 3.63) is 47.3 Å². The highest BCUT2D eigenvalue weighted by Crippen LogP contribution is 2.27. The Morgan fingerprint density at radius 3 is 2.88 bits per heavy atom. The van der Waals surface area contributed by atoms with Crippen molar-refractivity contribution in [3.63, 3.8) is 0 Å². The van der Waals surface area contributed by atoms with Gasteiger partial charge < -0.3 is 5.11 Å². The lowest BCUT2D eigenvalue weighted by atomic mass is 9.93. The van der Waals surface area contributed by atoms with Crippen LogP contribution in [0, 0.1) is 5.82 Å². The molecule has 16 heavy (non-hydrogen) atoms. The van der Waals surface area contributed by atoms with Crippen molar-refractivity contribution in [1.29, 1.82) is 0 Å². The quantitative estimate of drug-likeness (QED) is 0.769. The third-order valence-electron chi connectivity index (χ3n) is 3.07. The number of benzene rings is 1. The molecule has 0 radical (unpaired) electrons. The number of halogens is 1. The van der Waals surface area contributed by atoms with Crippen molar-refractivity contribution < 1.29 is 9.50 Å². The Hall–Kier alpha value is -1.15. The Morgan fingerprint density at radius 2 is 2.19 bits per heavy atom. The van der Waals surface area contributed by atoms with E-state index >= 15 is 0 Å². The van der Waals surface area contributed by atoms with Gasteiger partial charge in [0.2, 0.25) is 0 Å². The van der Waals surface area contributed by atoms with Crippen LogP contribution in [0.25, 0.3) is 0 Å². The highest BCUT2D eigenvalue weighted by atomic mass is 19.1. The maximum absolute atomic E-state index is 13.0. The molecule has 2 heteroatoms. The zero-order valence-corrected chi connectivity index (χ0v) is 9.32. The van der Waals surface area contributed by atoms with Crippen molar-refractivity contribution in [2.75, 3.05) is 0 Å². The van der Waals surface area contributed by atoms with Crippen LogP contribution in [0.15, 0.2) is 35.9 Å². The predicted octanol–water partition coefficient (Wildman–Crippen LogP) is 3.75. The van der Waals surface area contributed by atoms with E-state index in [1.807, 2.05) is 0 Å². The smallest absolute Gasteiger partial charge is 0.123 e. The van der Waals surface area contributed by atoms with E-state index in [9.17, 15) is 9.50 Å². The van der Waals surface area contributed by atoms with Gasteiger partial charge in [-0.25, -0.2) is 4.39 Å². The number of aliphatic hydroxyl groups excluding tert-OH is 1. The van der Waals surface area contributed by atoms with Gasteiger partial charge in [-0.15, -0.1) is 0 Å².